The van der Waals surface area contributed by atoms with Crippen LogP contribution < -0.4 is 5.73 Å². The van der Waals surface area contributed by atoms with E-state index in [1.165, 1.54) is 19.3 Å². The molecule has 0 radical (unpaired) electrons. The van der Waals surface area contributed by atoms with E-state index in [-0.39, 0.29) is 5.54 Å². The number of hydrogen-bond acceptors (Lipinski definition) is 2. The van der Waals surface area contributed by atoms with Crippen LogP contribution in [0.5, 0.6) is 0 Å². The maximum absolute atomic E-state index is 6.07. The Labute approximate surface area is 75.5 Å². The minimum Gasteiger partial charge on any atom is -0.381 e. The van der Waals surface area contributed by atoms with Gasteiger partial charge in [0.05, 0.1) is 6.10 Å². The van der Waals surface area contributed by atoms with Crippen LogP contribution in [-0.2, 0) is 4.74 Å². The highest BCUT2D eigenvalue weighted by Crippen LogP contribution is 2.32. The maximum atomic E-state index is 6.07. The second-order valence-electron chi connectivity index (χ2n) is 4.54. The molecule has 0 aliphatic heterocycles. The monoisotopic (exact) mass is 171 g/mol. The van der Waals surface area contributed by atoms with Gasteiger partial charge in [-0.25, -0.2) is 0 Å². The summed E-state index contributed by atoms with van der Waals surface area (Å²) in [6.07, 6.45) is 5.34. The fourth-order valence-corrected chi connectivity index (χ4v) is 2.03. The number of rotatable bonds is 2. The second-order valence-corrected chi connectivity index (χ2v) is 4.54. The van der Waals surface area contributed by atoms with E-state index in [4.69, 9.17) is 10.5 Å². The summed E-state index contributed by atoms with van der Waals surface area (Å²) in [5.41, 5.74) is 6.04. The molecule has 1 rings (SSSR count). The molecule has 0 heterocycles. The van der Waals surface area contributed by atoms with Gasteiger partial charge in [0, 0.05) is 12.6 Å². The minimum atomic E-state index is -0.0306. The quantitative estimate of drug-likeness (QED) is 0.689. The number of ether oxygens (including phenoxy) is 1. The van der Waals surface area contributed by atoms with E-state index < -0.39 is 0 Å². The van der Waals surface area contributed by atoms with E-state index >= 15 is 0 Å². The molecular weight excluding hydrogens is 150 g/mol. The van der Waals surface area contributed by atoms with Crippen molar-refractivity contribution >= 4 is 0 Å². The Hall–Kier alpha value is -0.0800. The predicted molar refractivity (Wildman–Crippen MR) is 51.0 cm³/mol. The molecule has 0 aromatic rings. The van der Waals surface area contributed by atoms with Crippen LogP contribution in [0.25, 0.3) is 0 Å². The van der Waals surface area contributed by atoms with Crippen LogP contribution in [0.3, 0.4) is 0 Å². The Morgan fingerprint density at radius 2 is 2.00 bits per heavy atom. The van der Waals surface area contributed by atoms with Gasteiger partial charge in [-0.3, -0.25) is 0 Å². The Morgan fingerprint density at radius 1 is 1.33 bits per heavy atom. The fourth-order valence-electron chi connectivity index (χ4n) is 2.03. The van der Waals surface area contributed by atoms with Gasteiger partial charge in [0.15, 0.2) is 0 Å². The van der Waals surface area contributed by atoms with Crippen molar-refractivity contribution in [2.75, 3.05) is 7.11 Å². The zero-order valence-electron chi connectivity index (χ0n) is 8.47. The molecule has 0 aromatic heterocycles. The summed E-state index contributed by atoms with van der Waals surface area (Å²) in [7, 11) is 1.80. The van der Waals surface area contributed by atoms with Gasteiger partial charge in [-0.2, -0.15) is 0 Å². The van der Waals surface area contributed by atoms with E-state index in [1.54, 1.807) is 7.11 Å². The zero-order valence-corrected chi connectivity index (χ0v) is 8.47. The Morgan fingerprint density at radius 3 is 2.50 bits per heavy atom. The molecule has 0 amide bonds. The number of hydrogen-bond donors (Lipinski definition) is 1. The molecule has 0 saturated heterocycles. The summed E-state index contributed by atoms with van der Waals surface area (Å²) < 4.78 is 5.36. The molecular formula is C10H21NO. The van der Waals surface area contributed by atoms with Gasteiger partial charge in [-0.1, -0.05) is 6.42 Å². The van der Waals surface area contributed by atoms with Crippen molar-refractivity contribution in [2.45, 2.75) is 51.2 Å². The number of nitrogens with two attached hydrogens (primary N) is 1. The smallest absolute Gasteiger partial charge is 0.0574 e. The topological polar surface area (TPSA) is 35.2 Å². The van der Waals surface area contributed by atoms with Crippen molar-refractivity contribution in [3.05, 3.63) is 0 Å². The molecule has 2 nitrogen and oxygen atoms in total. The van der Waals surface area contributed by atoms with Crippen LogP contribution in [-0.4, -0.2) is 18.8 Å². The zero-order chi connectivity index (χ0) is 9.19. The summed E-state index contributed by atoms with van der Waals surface area (Å²) in [6, 6.07) is 0. The molecule has 72 valence electrons. The van der Waals surface area contributed by atoms with Crippen LogP contribution in [0.15, 0.2) is 0 Å². The van der Waals surface area contributed by atoms with Crippen LogP contribution in [0.1, 0.15) is 39.5 Å². The summed E-state index contributed by atoms with van der Waals surface area (Å²) in [6.45, 7) is 4.24. The van der Waals surface area contributed by atoms with Gasteiger partial charge in [-0.15, -0.1) is 0 Å². The van der Waals surface area contributed by atoms with E-state index in [0.29, 0.717) is 12.0 Å². The molecule has 2 atom stereocenters. The second kappa shape index (κ2) is 3.75. The summed E-state index contributed by atoms with van der Waals surface area (Å²) in [4.78, 5) is 0. The molecule has 12 heavy (non-hydrogen) atoms. The lowest BCUT2D eigenvalue weighted by Crippen LogP contribution is -2.44. The van der Waals surface area contributed by atoms with Gasteiger partial charge < -0.3 is 10.5 Å². The average molecular weight is 171 g/mol. The standard InChI is InChI=1S/C10H21NO/c1-10(2,11)8-5-4-6-9(7-8)12-3/h8-9H,4-7,11H2,1-3H3. The Kier molecular flexibility index (Phi) is 3.13. The lowest BCUT2D eigenvalue weighted by atomic mass is 9.76. The van der Waals surface area contributed by atoms with E-state index in [2.05, 4.69) is 13.8 Å². The van der Waals surface area contributed by atoms with Gasteiger partial charge in [0.1, 0.15) is 0 Å². The van der Waals surface area contributed by atoms with Crippen LogP contribution >= 0.6 is 0 Å². The highest BCUT2D eigenvalue weighted by Gasteiger charge is 2.30. The minimum absolute atomic E-state index is 0.0306. The summed E-state index contributed by atoms with van der Waals surface area (Å²) >= 11 is 0. The largest absolute Gasteiger partial charge is 0.381 e. The van der Waals surface area contributed by atoms with Crippen molar-refractivity contribution in [3.8, 4) is 0 Å². The first kappa shape index (κ1) is 10.0. The van der Waals surface area contributed by atoms with Crippen molar-refractivity contribution < 1.29 is 4.74 Å². The first-order valence-electron chi connectivity index (χ1n) is 4.85. The normalized spacial score (nSPS) is 32.0. The molecule has 0 aromatic carbocycles. The molecule has 2 unspecified atom stereocenters. The van der Waals surface area contributed by atoms with Gasteiger partial charge in [0.25, 0.3) is 0 Å². The van der Waals surface area contributed by atoms with Crippen LogP contribution in [0, 0.1) is 5.92 Å². The van der Waals surface area contributed by atoms with Crippen LogP contribution in [0.2, 0.25) is 0 Å². The third-order valence-corrected chi connectivity index (χ3v) is 3.01. The lowest BCUT2D eigenvalue weighted by Gasteiger charge is -2.36. The van der Waals surface area contributed by atoms with Gasteiger partial charge in [-0.05, 0) is 39.0 Å². The molecule has 0 bridgehead atoms. The maximum Gasteiger partial charge on any atom is 0.0574 e. The Bertz CT molecular complexity index is 139. The summed E-state index contributed by atoms with van der Waals surface area (Å²) in [5.74, 6) is 0.635. The molecule has 1 aliphatic carbocycles. The first-order chi connectivity index (χ1) is 5.54. The third kappa shape index (κ3) is 2.46. The summed E-state index contributed by atoms with van der Waals surface area (Å²) in [5, 5.41) is 0. The van der Waals surface area contributed by atoms with Gasteiger partial charge >= 0.3 is 0 Å². The molecule has 1 saturated carbocycles. The third-order valence-electron chi connectivity index (χ3n) is 3.01. The first-order valence-corrected chi connectivity index (χ1v) is 4.85. The van der Waals surface area contributed by atoms with E-state index in [1.807, 2.05) is 0 Å². The highest BCUT2D eigenvalue weighted by atomic mass is 16.5. The number of methoxy groups -OCH3 is 1. The van der Waals surface area contributed by atoms with E-state index in [9.17, 15) is 0 Å². The van der Waals surface area contributed by atoms with Crippen molar-refractivity contribution in [1.82, 2.24) is 0 Å². The molecule has 2 heteroatoms. The van der Waals surface area contributed by atoms with Crippen molar-refractivity contribution in [1.29, 1.82) is 0 Å². The van der Waals surface area contributed by atoms with Crippen molar-refractivity contribution in [3.63, 3.8) is 0 Å². The van der Waals surface area contributed by atoms with Crippen molar-refractivity contribution in [2.24, 2.45) is 11.7 Å². The molecule has 1 fully saturated rings. The SMILES string of the molecule is COC1CCCC(C(C)(C)N)C1. The molecule has 0 spiro atoms. The Balaban J connectivity index is 2.46. The molecule has 1 aliphatic rings. The van der Waals surface area contributed by atoms with Gasteiger partial charge in [0.2, 0.25) is 0 Å². The predicted octanol–water partition coefficient (Wildman–Crippen LogP) is 1.93. The van der Waals surface area contributed by atoms with Crippen LogP contribution in [0.4, 0.5) is 0 Å². The molecule has 2 N–H and O–H groups in total. The van der Waals surface area contributed by atoms with E-state index in [0.717, 1.165) is 6.42 Å². The fraction of sp³-hybridized carbons (Fsp3) is 1.00. The lowest BCUT2D eigenvalue weighted by molar-refractivity contribution is 0.0359. The highest BCUT2D eigenvalue weighted by molar-refractivity contribution is 4.87. The average Bonchev–Trinajstić information content (AvgIpc) is 2.03.